The predicted octanol–water partition coefficient (Wildman–Crippen LogP) is 3.61. The van der Waals surface area contributed by atoms with Crippen LogP contribution in [0.3, 0.4) is 0 Å². The molecule has 0 aliphatic rings. The van der Waals surface area contributed by atoms with E-state index in [2.05, 4.69) is 9.97 Å². The number of hydrogen-bond acceptors (Lipinski definition) is 2. The zero-order valence-electron chi connectivity index (χ0n) is 9.29. The third-order valence-electron chi connectivity index (χ3n) is 2.39. The van der Waals surface area contributed by atoms with Crippen LogP contribution in [-0.2, 0) is 6.18 Å². The maximum Gasteiger partial charge on any atom is 0.416 e. The molecule has 0 aliphatic heterocycles. The molecule has 0 atom stereocenters. The zero-order chi connectivity index (χ0) is 13.3. The van der Waals surface area contributed by atoms with Crippen LogP contribution in [0.15, 0.2) is 30.5 Å². The molecule has 0 aliphatic carbocycles. The van der Waals surface area contributed by atoms with Gasteiger partial charge in [-0.15, -0.1) is 0 Å². The standard InChI is InChI=1S/C12H8F4N2/c1-7-10(13)6-17-11(18-7)8-2-4-9(5-3-8)12(14,15)16/h2-6H,1H3. The first-order chi connectivity index (χ1) is 8.38. The lowest BCUT2D eigenvalue weighted by molar-refractivity contribution is -0.137. The number of alkyl halides is 3. The number of benzene rings is 1. The molecule has 6 heteroatoms. The summed E-state index contributed by atoms with van der Waals surface area (Å²) < 4.78 is 50.0. The SMILES string of the molecule is Cc1nc(-c2ccc(C(F)(F)F)cc2)ncc1F. The van der Waals surface area contributed by atoms with Gasteiger partial charge in [0.2, 0.25) is 0 Å². The highest BCUT2D eigenvalue weighted by molar-refractivity contribution is 5.55. The molecule has 0 radical (unpaired) electrons. The molecule has 0 N–H and O–H groups in total. The van der Waals surface area contributed by atoms with Crippen molar-refractivity contribution in [2.45, 2.75) is 13.1 Å². The Morgan fingerprint density at radius 2 is 1.67 bits per heavy atom. The quantitative estimate of drug-likeness (QED) is 0.728. The smallest absolute Gasteiger partial charge is 0.233 e. The van der Waals surface area contributed by atoms with Crippen molar-refractivity contribution in [2.24, 2.45) is 0 Å². The summed E-state index contributed by atoms with van der Waals surface area (Å²) in [6.07, 6.45) is -3.38. The average Bonchev–Trinajstić information content (AvgIpc) is 2.32. The van der Waals surface area contributed by atoms with E-state index in [4.69, 9.17) is 0 Å². The molecule has 0 unspecified atom stereocenters. The highest BCUT2D eigenvalue weighted by Gasteiger charge is 2.30. The minimum Gasteiger partial charge on any atom is -0.233 e. The summed E-state index contributed by atoms with van der Waals surface area (Å²) in [6, 6.07) is 4.40. The molecule has 2 aromatic rings. The number of nitrogens with zero attached hydrogens (tertiary/aromatic N) is 2. The molecule has 0 saturated heterocycles. The molecule has 0 bridgehead atoms. The van der Waals surface area contributed by atoms with Crippen molar-refractivity contribution in [3.05, 3.63) is 47.5 Å². The van der Waals surface area contributed by atoms with Gasteiger partial charge in [-0.25, -0.2) is 14.4 Å². The Morgan fingerprint density at radius 3 is 2.17 bits per heavy atom. The third kappa shape index (κ3) is 2.47. The van der Waals surface area contributed by atoms with Gasteiger partial charge in [-0.3, -0.25) is 0 Å². The van der Waals surface area contributed by atoms with E-state index in [1.165, 1.54) is 19.1 Å². The monoisotopic (exact) mass is 256 g/mol. The van der Waals surface area contributed by atoms with Crippen LogP contribution in [0.4, 0.5) is 17.6 Å². The summed E-state index contributed by atoms with van der Waals surface area (Å²) in [5.41, 5.74) is -0.184. The van der Waals surface area contributed by atoms with Crippen molar-refractivity contribution in [3.63, 3.8) is 0 Å². The molecule has 0 amide bonds. The van der Waals surface area contributed by atoms with Gasteiger partial charge in [0.25, 0.3) is 0 Å². The van der Waals surface area contributed by atoms with E-state index < -0.39 is 17.6 Å². The number of hydrogen-bond donors (Lipinski definition) is 0. The van der Waals surface area contributed by atoms with Gasteiger partial charge < -0.3 is 0 Å². The summed E-state index contributed by atoms with van der Waals surface area (Å²) >= 11 is 0. The van der Waals surface area contributed by atoms with Gasteiger partial charge in [0.1, 0.15) is 0 Å². The third-order valence-corrected chi connectivity index (χ3v) is 2.39. The molecular formula is C12H8F4N2. The minimum atomic E-state index is -4.38. The molecule has 2 nitrogen and oxygen atoms in total. The van der Waals surface area contributed by atoms with Gasteiger partial charge >= 0.3 is 6.18 Å². The van der Waals surface area contributed by atoms with Gasteiger partial charge in [-0.05, 0) is 19.1 Å². The predicted molar refractivity (Wildman–Crippen MR) is 57.2 cm³/mol. The molecule has 0 spiro atoms. The van der Waals surface area contributed by atoms with Crippen LogP contribution >= 0.6 is 0 Å². The van der Waals surface area contributed by atoms with Crippen LogP contribution in [0, 0.1) is 12.7 Å². The van der Waals surface area contributed by atoms with E-state index in [9.17, 15) is 17.6 Å². The van der Waals surface area contributed by atoms with Crippen molar-refractivity contribution < 1.29 is 17.6 Å². The van der Waals surface area contributed by atoms with Crippen molar-refractivity contribution in [3.8, 4) is 11.4 Å². The Bertz CT molecular complexity index is 561. The molecule has 0 saturated carbocycles. The van der Waals surface area contributed by atoms with Crippen LogP contribution < -0.4 is 0 Å². The molecule has 2 rings (SSSR count). The van der Waals surface area contributed by atoms with E-state index >= 15 is 0 Å². The first kappa shape index (κ1) is 12.5. The second kappa shape index (κ2) is 4.36. The molecule has 0 fully saturated rings. The summed E-state index contributed by atoms with van der Waals surface area (Å²) in [5.74, 6) is -0.353. The Kier molecular flexibility index (Phi) is 3.02. The fourth-order valence-corrected chi connectivity index (χ4v) is 1.40. The highest BCUT2D eigenvalue weighted by atomic mass is 19.4. The van der Waals surface area contributed by atoms with Crippen LogP contribution in [0.5, 0.6) is 0 Å². The lowest BCUT2D eigenvalue weighted by Crippen LogP contribution is -2.04. The number of rotatable bonds is 1. The van der Waals surface area contributed by atoms with Crippen LogP contribution in [0.25, 0.3) is 11.4 Å². The van der Waals surface area contributed by atoms with E-state index in [-0.39, 0.29) is 11.5 Å². The second-order valence-corrected chi connectivity index (χ2v) is 3.70. The molecule has 1 heterocycles. The van der Waals surface area contributed by atoms with Crippen LogP contribution in [0.2, 0.25) is 0 Å². The Hall–Kier alpha value is -1.98. The van der Waals surface area contributed by atoms with Crippen molar-refractivity contribution >= 4 is 0 Å². The number of aryl methyl sites for hydroxylation is 1. The maximum absolute atomic E-state index is 13.0. The van der Waals surface area contributed by atoms with Crippen molar-refractivity contribution in [1.82, 2.24) is 9.97 Å². The fraction of sp³-hybridized carbons (Fsp3) is 0.167. The first-order valence-electron chi connectivity index (χ1n) is 5.04. The lowest BCUT2D eigenvalue weighted by atomic mass is 10.1. The Labute approximate surface area is 100 Å². The van der Waals surface area contributed by atoms with Crippen LogP contribution in [0.1, 0.15) is 11.3 Å². The Morgan fingerprint density at radius 1 is 1.06 bits per heavy atom. The van der Waals surface area contributed by atoms with E-state index in [1.807, 2.05) is 0 Å². The van der Waals surface area contributed by atoms with Gasteiger partial charge in [0, 0.05) is 5.56 Å². The maximum atomic E-state index is 13.0. The van der Waals surface area contributed by atoms with E-state index in [0.29, 0.717) is 5.56 Å². The first-order valence-corrected chi connectivity index (χ1v) is 5.04. The Balaban J connectivity index is 2.37. The summed E-state index contributed by atoms with van der Waals surface area (Å²) in [7, 11) is 0. The number of aromatic nitrogens is 2. The van der Waals surface area contributed by atoms with E-state index in [0.717, 1.165) is 18.3 Å². The summed E-state index contributed by atoms with van der Waals surface area (Å²) in [5, 5.41) is 0. The molecule has 1 aromatic carbocycles. The molecule has 1 aromatic heterocycles. The van der Waals surface area contributed by atoms with E-state index in [1.54, 1.807) is 0 Å². The highest BCUT2D eigenvalue weighted by Crippen LogP contribution is 2.30. The summed E-state index contributed by atoms with van der Waals surface area (Å²) in [6.45, 7) is 1.46. The van der Waals surface area contributed by atoms with Crippen LogP contribution in [-0.4, -0.2) is 9.97 Å². The molecular weight excluding hydrogens is 248 g/mol. The van der Waals surface area contributed by atoms with Crippen molar-refractivity contribution in [1.29, 1.82) is 0 Å². The van der Waals surface area contributed by atoms with Gasteiger partial charge in [-0.1, -0.05) is 12.1 Å². The summed E-state index contributed by atoms with van der Waals surface area (Å²) in [4.78, 5) is 7.60. The lowest BCUT2D eigenvalue weighted by Gasteiger charge is -2.07. The zero-order valence-corrected chi connectivity index (χ0v) is 9.29. The largest absolute Gasteiger partial charge is 0.416 e. The molecule has 18 heavy (non-hydrogen) atoms. The fourth-order valence-electron chi connectivity index (χ4n) is 1.40. The number of halogens is 4. The molecule has 94 valence electrons. The normalized spacial score (nSPS) is 11.6. The topological polar surface area (TPSA) is 25.8 Å². The van der Waals surface area contributed by atoms with Gasteiger partial charge in [0.15, 0.2) is 11.6 Å². The van der Waals surface area contributed by atoms with Gasteiger partial charge in [-0.2, -0.15) is 13.2 Å². The average molecular weight is 256 g/mol. The second-order valence-electron chi connectivity index (χ2n) is 3.70. The van der Waals surface area contributed by atoms with Crippen molar-refractivity contribution in [2.75, 3.05) is 0 Å². The van der Waals surface area contributed by atoms with Gasteiger partial charge in [0.05, 0.1) is 17.5 Å². The minimum absolute atomic E-state index is 0.153.